The first kappa shape index (κ1) is 17.3. The minimum absolute atomic E-state index is 0.191. The second-order valence-electron chi connectivity index (χ2n) is 7.77. The van der Waals surface area contributed by atoms with Gasteiger partial charge in [-0.3, -0.25) is 4.98 Å². The van der Waals surface area contributed by atoms with Gasteiger partial charge >= 0.3 is 0 Å². The van der Waals surface area contributed by atoms with Crippen LogP contribution in [0.25, 0.3) is 10.9 Å². The summed E-state index contributed by atoms with van der Waals surface area (Å²) in [4.78, 5) is 9.39. The molecule has 1 aromatic heterocycles. The first-order valence-corrected chi connectivity index (χ1v) is 9.54. The molecular weight excluding hydrogens is 324 g/mol. The van der Waals surface area contributed by atoms with Crippen molar-refractivity contribution in [3.05, 3.63) is 36.0 Å². The number of aromatic nitrogens is 1. The third-order valence-corrected chi connectivity index (χ3v) is 5.50. The van der Waals surface area contributed by atoms with Crippen LogP contribution in [0, 0.1) is 17.2 Å². The summed E-state index contributed by atoms with van der Waals surface area (Å²) in [5.74, 6) is 0.792. The molecule has 26 heavy (non-hydrogen) atoms. The van der Waals surface area contributed by atoms with E-state index in [2.05, 4.69) is 46.8 Å². The molecule has 5 heteroatoms. The van der Waals surface area contributed by atoms with Gasteiger partial charge in [0.1, 0.15) is 6.07 Å². The van der Waals surface area contributed by atoms with Crippen LogP contribution < -0.4 is 4.90 Å². The van der Waals surface area contributed by atoms with E-state index in [0.717, 1.165) is 42.1 Å². The first-order chi connectivity index (χ1) is 12.6. The van der Waals surface area contributed by atoms with E-state index in [0.29, 0.717) is 5.56 Å². The summed E-state index contributed by atoms with van der Waals surface area (Å²) in [5.41, 5.74) is 2.58. The molecule has 0 unspecified atom stereocenters. The standard InChI is InChI=1S/C21H26N4O/c1-15-7-9-24(11-15)13-18-14-25(12-16(2)26-18)20-6-5-17(10-22)21-19(20)4-3-8-23-21/h3-6,8,15-16,18H,7,9,11-14H2,1-2H3/t15-,16+,18+/m0/s1. The van der Waals surface area contributed by atoms with E-state index in [1.807, 2.05) is 12.1 Å². The van der Waals surface area contributed by atoms with Gasteiger partial charge in [-0.2, -0.15) is 5.26 Å². The minimum Gasteiger partial charge on any atom is -0.370 e. The molecule has 1 aromatic carbocycles. The third-order valence-electron chi connectivity index (χ3n) is 5.50. The van der Waals surface area contributed by atoms with Gasteiger partial charge in [-0.05, 0) is 50.1 Å². The summed E-state index contributed by atoms with van der Waals surface area (Å²) in [7, 11) is 0. The molecule has 0 spiro atoms. The van der Waals surface area contributed by atoms with Crippen molar-refractivity contribution >= 4 is 16.6 Å². The second kappa shape index (κ2) is 7.22. The lowest BCUT2D eigenvalue weighted by Gasteiger charge is -2.40. The molecule has 3 atom stereocenters. The van der Waals surface area contributed by atoms with Gasteiger partial charge in [0, 0.05) is 43.4 Å². The van der Waals surface area contributed by atoms with Crippen LogP contribution >= 0.6 is 0 Å². The normalized spacial score (nSPS) is 27.0. The fourth-order valence-electron chi connectivity index (χ4n) is 4.35. The van der Waals surface area contributed by atoms with Gasteiger partial charge in [0.25, 0.3) is 0 Å². The van der Waals surface area contributed by atoms with Gasteiger partial charge in [0.15, 0.2) is 0 Å². The topological polar surface area (TPSA) is 52.4 Å². The zero-order valence-corrected chi connectivity index (χ0v) is 15.6. The number of hydrogen-bond donors (Lipinski definition) is 0. The predicted octanol–water partition coefficient (Wildman–Crippen LogP) is 3.04. The van der Waals surface area contributed by atoms with Crippen LogP contribution in [-0.4, -0.2) is 54.8 Å². The van der Waals surface area contributed by atoms with Gasteiger partial charge in [0.05, 0.1) is 23.3 Å². The number of ether oxygens (including phenoxy) is 1. The number of hydrogen-bond acceptors (Lipinski definition) is 5. The van der Waals surface area contributed by atoms with E-state index in [-0.39, 0.29) is 12.2 Å². The van der Waals surface area contributed by atoms with Gasteiger partial charge in [-0.1, -0.05) is 6.92 Å². The molecule has 0 bridgehead atoms. The predicted molar refractivity (Wildman–Crippen MR) is 103 cm³/mol. The Labute approximate surface area is 155 Å². The molecule has 4 rings (SSSR count). The molecule has 2 saturated heterocycles. The fourth-order valence-corrected chi connectivity index (χ4v) is 4.35. The number of pyridine rings is 1. The highest BCUT2D eigenvalue weighted by atomic mass is 16.5. The maximum Gasteiger partial charge on any atom is 0.101 e. The van der Waals surface area contributed by atoms with Gasteiger partial charge in [-0.25, -0.2) is 0 Å². The zero-order chi connectivity index (χ0) is 18.1. The van der Waals surface area contributed by atoms with Crippen molar-refractivity contribution in [3.63, 3.8) is 0 Å². The van der Waals surface area contributed by atoms with Crippen LogP contribution in [0.2, 0.25) is 0 Å². The number of nitriles is 1. The van der Waals surface area contributed by atoms with Crippen LogP contribution in [0.4, 0.5) is 5.69 Å². The van der Waals surface area contributed by atoms with Crippen LogP contribution in [0.5, 0.6) is 0 Å². The average Bonchev–Trinajstić information content (AvgIpc) is 3.05. The van der Waals surface area contributed by atoms with Crippen LogP contribution in [0.15, 0.2) is 30.5 Å². The maximum absolute atomic E-state index is 9.37. The molecule has 2 aliphatic heterocycles. The van der Waals surface area contributed by atoms with Gasteiger partial charge in [0.2, 0.25) is 0 Å². The number of fused-ring (bicyclic) bond motifs is 1. The lowest BCUT2D eigenvalue weighted by atomic mass is 10.1. The molecule has 2 aliphatic rings. The highest BCUT2D eigenvalue weighted by Gasteiger charge is 2.30. The number of likely N-dealkylation sites (tertiary alicyclic amines) is 1. The van der Waals surface area contributed by atoms with Crippen molar-refractivity contribution in [3.8, 4) is 6.07 Å². The Morgan fingerprint density at radius 3 is 2.88 bits per heavy atom. The Kier molecular flexibility index (Phi) is 4.80. The molecule has 2 aromatic rings. The average molecular weight is 350 g/mol. The molecule has 5 nitrogen and oxygen atoms in total. The van der Waals surface area contributed by atoms with Crippen LogP contribution in [0.1, 0.15) is 25.8 Å². The summed E-state index contributed by atoms with van der Waals surface area (Å²) in [5, 5.41) is 10.4. The largest absolute Gasteiger partial charge is 0.370 e. The lowest BCUT2D eigenvalue weighted by molar-refractivity contribution is -0.0297. The Morgan fingerprint density at radius 2 is 2.12 bits per heavy atom. The Hall–Kier alpha value is -2.16. The molecule has 0 N–H and O–H groups in total. The molecule has 0 amide bonds. The van der Waals surface area contributed by atoms with Crippen LogP contribution in [0.3, 0.4) is 0 Å². The first-order valence-electron chi connectivity index (χ1n) is 9.54. The molecule has 136 valence electrons. The minimum atomic E-state index is 0.191. The molecular formula is C21H26N4O. The van der Waals surface area contributed by atoms with Gasteiger partial charge < -0.3 is 14.5 Å². The van der Waals surface area contributed by atoms with Crippen molar-refractivity contribution < 1.29 is 4.74 Å². The Bertz CT molecular complexity index is 830. The highest BCUT2D eigenvalue weighted by molar-refractivity contribution is 5.95. The number of morpholine rings is 1. The zero-order valence-electron chi connectivity index (χ0n) is 15.6. The monoisotopic (exact) mass is 350 g/mol. The van der Waals surface area contributed by atoms with E-state index in [1.54, 1.807) is 6.20 Å². The van der Waals surface area contributed by atoms with Gasteiger partial charge in [-0.15, -0.1) is 0 Å². The van der Waals surface area contributed by atoms with E-state index in [1.165, 1.54) is 19.5 Å². The van der Waals surface area contributed by atoms with E-state index >= 15 is 0 Å². The molecule has 0 aliphatic carbocycles. The number of nitrogens with zero attached hydrogens (tertiary/aromatic N) is 4. The number of rotatable bonds is 3. The number of anilines is 1. The second-order valence-corrected chi connectivity index (χ2v) is 7.77. The molecule has 0 saturated carbocycles. The smallest absolute Gasteiger partial charge is 0.101 e. The third kappa shape index (κ3) is 3.40. The fraction of sp³-hybridized carbons (Fsp3) is 0.524. The van der Waals surface area contributed by atoms with Crippen molar-refractivity contribution in [2.24, 2.45) is 5.92 Å². The Balaban J connectivity index is 1.59. The van der Waals surface area contributed by atoms with E-state index in [9.17, 15) is 5.26 Å². The quantitative estimate of drug-likeness (QED) is 0.852. The number of benzene rings is 1. The highest BCUT2D eigenvalue weighted by Crippen LogP contribution is 2.30. The summed E-state index contributed by atoms with van der Waals surface area (Å²) in [6, 6.07) is 10.2. The SMILES string of the molecule is C[C@H]1CCN(C[C@@H]2CN(c3ccc(C#N)c4ncccc34)C[C@@H](C)O2)C1. The summed E-state index contributed by atoms with van der Waals surface area (Å²) >= 11 is 0. The van der Waals surface area contributed by atoms with Crippen molar-refractivity contribution in [2.45, 2.75) is 32.5 Å². The van der Waals surface area contributed by atoms with Crippen molar-refractivity contribution in [1.29, 1.82) is 5.26 Å². The molecule has 3 heterocycles. The molecule has 2 fully saturated rings. The van der Waals surface area contributed by atoms with Crippen LogP contribution in [-0.2, 0) is 4.74 Å². The van der Waals surface area contributed by atoms with E-state index in [4.69, 9.17) is 4.74 Å². The molecule has 0 radical (unpaired) electrons. The summed E-state index contributed by atoms with van der Waals surface area (Å²) in [6.45, 7) is 9.57. The summed E-state index contributed by atoms with van der Waals surface area (Å²) < 4.78 is 6.24. The van der Waals surface area contributed by atoms with Crippen molar-refractivity contribution in [1.82, 2.24) is 9.88 Å². The summed E-state index contributed by atoms with van der Waals surface area (Å²) in [6.07, 6.45) is 3.45. The van der Waals surface area contributed by atoms with Crippen molar-refractivity contribution in [2.75, 3.05) is 37.6 Å². The lowest BCUT2D eigenvalue weighted by Crippen LogP contribution is -2.50. The Morgan fingerprint density at radius 1 is 1.23 bits per heavy atom. The maximum atomic E-state index is 9.37. The van der Waals surface area contributed by atoms with E-state index < -0.39 is 0 Å².